The minimum Gasteiger partial charge on any atom is -0.497 e. The first-order chi connectivity index (χ1) is 8.60. The summed E-state index contributed by atoms with van der Waals surface area (Å²) in [6.45, 7) is 0. The summed E-state index contributed by atoms with van der Waals surface area (Å²) in [7, 11) is 1.51. The summed E-state index contributed by atoms with van der Waals surface area (Å²) in [6, 6.07) is 5.33. The van der Waals surface area contributed by atoms with Crippen LogP contribution in [-0.4, -0.2) is 24.3 Å². The Morgan fingerprint density at radius 2 is 2.00 bits per heavy atom. The van der Waals surface area contributed by atoms with Gasteiger partial charge in [-0.15, -0.1) is 0 Å². The molecule has 2 saturated heterocycles. The third kappa shape index (κ3) is 1.89. The number of methoxy groups -OCH3 is 1. The van der Waals surface area contributed by atoms with Crippen LogP contribution < -0.4 is 10.1 Å². The van der Waals surface area contributed by atoms with Crippen molar-refractivity contribution in [2.24, 2.45) is 0 Å². The molecular weight excluding hydrogens is 233 g/mol. The van der Waals surface area contributed by atoms with Gasteiger partial charge in [0, 0.05) is 23.7 Å². The molecule has 2 bridgehead atoms. The highest BCUT2D eigenvalue weighted by Gasteiger charge is 2.44. The summed E-state index contributed by atoms with van der Waals surface area (Å²) in [5, 5.41) is 14.2. The van der Waals surface area contributed by atoms with Crippen molar-refractivity contribution in [2.75, 3.05) is 7.11 Å². The zero-order valence-electron chi connectivity index (χ0n) is 10.4. The number of nitrogens with one attached hydrogen (secondary N) is 1. The molecule has 2 aliphatic heterocycles. The van der Waals surface area contributed by atoms with Crippen molar-refractivity contribution in [3.05, 3.63) is 29.6 Å². The normalized spacial score (nSPS) is 34.6. The van der Waals surface area contributed by atoms with Crippen LogP contribution in [0.2, 0.25) is 0 Å². The molecule has 2 N–H and O–H groups in total. The first-order valence-electron chi connectivity index (χ1n) is 6.43. The molecule has 98 valence electrons. The first kappa shape index (κ1) is 11.9. The van der Waals surface area contributed by atoms with Gasteiger partial charge < -0.3 is 15.2 Å². The Bertz CT molecular complexity index is 451. The Kier molecular flexibility index (Phi) is 2.79. The Balaban J connectivity index is 1.94. The number of aliphatic hydroxyl groups is 1. The van der Waals surface area contributed by atoms with E-state index in [-0.39, 0.29) is 5.82 Å². The minimum atomic E-state index is -1.03. The average molecular weight is 251 g/mol. The maximum atomic E-state index is 14.1. The molecule has 4 heteroatoms. The van der Waals surface area contributed by atoms with E-state index in [1.807, 2.05) is 0 Å². The zero-order valence-corrected chi connectivity index (χ0v) is 10.4. The minimum absolute atomic E-state index is 0.315. The van der Waals surface area contributed by atoms with Gasteiger partial charge in [0.2, 0.25) is 0 Å². The van der Waals surface area contributed by atoms with Crippen LogP contribution in [0.1, 0.15) is 31.2 Å². The number of hydrogen-bond acceptors (Lipinski definition) is 3. The van der Waals surface area contributed by atoms with Crippen molar-refractivity contribution < 1.29 is 14.2 Å². The van der Waals surface area contributed by atoms with Gasteiger partial charge in [-0.2, -0.15) is 0 Å². The molecular formula is C14H18FNO2. The molecule has 0 spiro atoms. The Morgan fingerprint density at radius 3 is 2.56 bits per heavy atom. The number of piperidine rings is 1. The molecule has 0 saturated carbocycles. The average Bonchev–Trinajstić information content (AvgIpc) is 2.68. The molecule has 1 aromatic carbocycles. The van der Waals surface area contributed by atoms with Crippen LogP contribution in [0, 0.1) is 5.82 Å². The SMILES string of the molecule is COc1ccc(C2(O)CC3CCC(C2)N3)c(F)c1. The van der Waals surface area contributed by atoms with E-state index in [0.29, 0.717) is 36.2 Å². The van der Waals surface area contributed by atoms with Crippen LogP contribution in [0.15, 0.2) is 18.2 Å². The van der Waals surface area contributed by atoms with Crippen molar-refractivity contribution in [2.45, 2.75) is 43.4 Å². The highest BCUT2D eigenvalue weighted by atomic mass is 19.1. The van der Waals surface area contributed by atoms with E-state index >= 15 is 0 Å². The fraction of sp³-hybridized carbons (Fsp3) is 0.571. The summed E-state index contributed by atoms with van der Waals surface area (Å²) in [5.41, 5.74) is -0.630. The Hall–Kier alpha value is -1.13. The van der Waals surface area contributed by atoms with Crippen LogP contribution in [0.25, 0.3) is 0 Å². The van der Waals surface area contributed by atoms with Gasteiger partial charge in [-0.05, 0) is 37.8 Å². The van der Waals surface area contributed by atoms with E-state index in [4.69, 9.17) is 4.74 Å². The predicted molar refractivity (Wildman–Crippen MR) is 66.0 cm³/mol. The number of fused-ring (bicyclic) bond motifs is 2. The molecule has 3 rings (SSSR count). The van der Waals surface area contributed by atoms with E-state index in [1.54, 1.807) is 12.1 Å². The van der Waals surface area contributed by atoms with Gasteiger partial charge in [0.25, 0.3) is 0 Å². The number of hydrogen-bond donors (Lipinski definition) is 2. The van der Waals surface area contributed by atoms with E-state index in [2.05, 4.69) is 5.32 Å². The fourth-order valence-corrected chi connectivity index (χ4v) is 3.34. The molecule has 18 heavy (non-hydrogen) atoms. The van der Waals surface area contributed by atoms with Gasteiger partial charge >= 0.3 is 0 Å². The van der Waals surface area contributed by atoms with E-state index in [9.17, 15) is 9.50 Å². The van der Waals surface area contributed by atoms with Crippen molar-refractivity contribution in [1.82, 2.24) is 5.32 Å². The molecule has 0 aliphatic carbocycles. The quantitative estimate of drug-likeness (QED) is 0.844. The summed E-state index contributed by atoms with van der Waals surface area (Å²) in [6.07, 6.45) is 3.33. The van der Waals surface area contributed by atoms with Crippen LogP contribution in [0.5, 0.6) is 5.75 Å². The van der Waals surface area contributed by atoms with Gasteiger partial charge in [-0.1, -0.05) is 0 Å². The number of benzene rings is 1. The highest BCUT2D eigenvalue weighted by molar-refractivity contribution is 5.33. The Labute approximate surface area is 106 Å². The molecule has 0 aromatic heterocycles. The smallest absolute Gasteiger partial charge is 0.132 e. The second-order valence-electron chi connectivity index (χ2n) is 5.42. The molecule has 1 aromatic rings. The largest absolute Gasteiger partial charge is 0.497 e. The molecule has 2 aliphatic rings. The molecule has 2 fully saturated rings. The third-order valence-electron chi connectivity index (χ3n) is 4.18. The zero-order chi connectivity index (χ0) is 12.8. The lowest BCUT2D eigenvalue weighted by Gasteiger charge is -2.37. The highest BCUT2D eigenvalue weighted by Crippen LogP contribution is 2.41. The van der Waals surface area contributed by atoms with Crippen LogP contribution >= 0.6 is 0 Å². The Morgan fingerprint density at radius 1 is 1.33 bits per heavy atom. The molecule has 2 atom stereocenters. The second kappa shape index (κ2) is 4.21. The molecule has 2 unspecified atom stereocenters. The van der Waals surface area contributed by atoms with Crippen molar-refractivity contribution in [3.8, 4) is 5.75 Å². The van der Waals surface area contributed by atoms with Crippen molar-refractivity contribution in [3.63, 3.8) is 0 Å². The van der Waals surface area contributed by atoms with Crippen LogP contribution in [0.4, 0.5) is 4.39 Å². The van der Waals surface area contributed by atoms with Gasteiger partial charge in [0.05, 0.1) is 12.7 Å². The molecule has 0 radical (unpaired) electrons. The monoisotopic (exact) mass is 251 g/mol. The van der Waals surface area contributed by atoms with Gasteiger partial charge in [0.15, 0.2) is 0 Å². The van der Waals surface area contributed by atoms with Gasteiger partial charge in [0.1, 0.15) is 11.6 Å². The third-order valence-corrected chi connectivity index (χ3v) is 4.18. The van der Waals surface area contributed by atoms with E-state index < -0.39 is 5.60 Å². The topological polar surface area (TPSA) is 41.5 Å². The van der Waals surface area contributed by atoms with Crippen LogP contribution in [0.3, 0.4) is 0 Å². The summed E-state index contributed by atoms with van der Waals surface area (Å²) < 4.78 is 19.1. The summed E-state index contributed by atoms with van der Waals surface area (Å²) in [5.74, 6) is 0.106. The van der Waals surface area contributed by atoms with Crippen molar-refractivity contribution >= 4 is 0 Å². The molecule has 0 amide bonds. The van der Waals surface area contributed by atoms with Crippen molar-refractivity contribution in [1.29, 1.82) is 0 Å². The predicted octanol–water partition coefficient (Wildman–Crippen LogP) is 1.94. The molecule has 2 heterocycles. The first-order valence-corrected chi connectivity index (χ1v) is 6.43. The number of ether oxygens (including phenoxy) is 1. The number of rotatable bonds is 2. The van der Waals surface area contributed by atoms with Crippen LogP contribution in [-0.2, 0) is 5.60 Å². The summed E-state index contributed by atoms with van der Waals surface area (Å²) >= 11 is 0. The number of halogens is 1. The maximum absolute atomic E-state index is 14.1. The standard InChI is InChI=1S/C14H18FNO2/c1-18-11-4-5-12(13(15)6-11)14(17)7-9-2-3-10(8-14)16-9/h4-6,9-10,16-17H,2-3,7-8H2,1H3. The lowest BCUT2D eigenvalue weighted by atomic mass is 9.81. The van der Waals surface area contributed by atoms with E-state index in [0.717, 1.165) is 12.8 Å². The lowest BCUT2D eigenvalue weighted by molar-refractivity contribution is -0.0144. The van der Waals surface area contributed by atoms with Gasteiger partial charge in [-0.3, -0.25) is 0 Å². The maximum Gasteiger partial charge on any atom is 0.132 e. The fourth-order valence-electron chi connectivity index (χ4n) is 3.34. The second-order valence-corrected chi connectivity index (χ2v) is 5.42. The lowest BCUT2D eigenvalue weighted by Crippen LogP contribution is -2.47. The molecule has 3 nitrogen and oxygen atoms in total. The van der Waals surface area contributed by atoms with Gasteiger partial charge in [-0.25, -0.2) is 4.39 Å². The summed E-state index contributed by atoms with van der Waals surface area (Å²) in [4.78, 5) is 0. The van der Waals surface area contributed by atoms with E-state index in [1.165, 1.54) is 13.2 Å².